The van der Waals surface area contributed by atoms with Gasteiger partial charge in [-0.15, -0.1) is 0 Å². The van der Waals surface area contributed by atoms with Gasteiger partial charge in [0.15, 0.2) is 0 Å². The molecule has 0 saturated carbocycles. The second-order valence-corrected chi connectivity index (χ2v) is 3.84. The van der Waals surface area contributed by atoms with Gasteiger partial charge >= 0.3 is 5.97 Å². The molecule has 0 aliphatic heterocycles. The molecule has 1 rings (SSSR count). The molecule has 0 aliphatic carbocycles. The first-order valence-electron chi connectivity index (χ1n) is 5.60. The van der Waals surface area contributed by atoms with Crippen molar-refractivity contribution in [3.05, 3.63) is 48.0 Å². The number of rotatable bonds is 6. The summed E-state index contributed by atoms with van der Waals surface area (Å²) >= 11 is 0. The van der Waals surface area contributed by atoms with Gasteiger partial charge in [0.2, 0.25) is 0 Å². The molecular formula is C14H18O3. The average molecular weight is 234 g/mol. The number of hydrogen-bond acceptors (Lipinski definition) is 3. The summed E-state index contributed by atoms with van der Waals surface area (Å²) < 4.78 is 10.5. The first kappa shape index (κ1) is 13.5. The molecule has 0 heterocycles. The van der Waals surface area contributed by atoms with Crippen molar-refractivity contribution in [2.75, 3.05) is 13.2 Å². The van der Waals surface area contributed by atoms with Gasteiger partial charge in [-0.2, -0.15) is 0 Å². The second kappa shape index (κ2) is 6.86. The molecule has 0 bridgehead atoms. The van der Waals surface area contributed by atoms with Crippen LogP contribution in [0.5, 0.6) is 0 Å². The molecule has 3 nitrogen and oxygen atoms in total. The van der Waals surface area contributed by atoms with E-state index in [0.29, 0.717) is 12.2 Å². The van der Waals surface area contributed by atoms with Gasteiger partial charge in [0, 0.05) is 5.57 Å². The molecule has 92 valence electrons. The Bertz CT molecular complexity index is 370. The van der Waals surface area contributed by atoms with Crippen LogP contribution in [0, 0.1) is 0 Å². The van der Waals surface area contributed by atoms with Crippen molar-refractivity contribution in [2.45, 2.75) is 20.0 Å². The zero-order valence-electron chi connectivity index (χ0n) is 10.3. The Kier molecular flexibility index (Phi) is 5.43. The van der Waals surface area contributed by atoms with Crippen molar-refractivity contribution in [3.63, 3.8) is 0 Å². The number of benzene rings is 1. The monoisotopic (exact) mass is 234 g/mol. The predicted molar refractivity (Wildman–Crippen MR) is 66.6 cm³/mol. The van der Waals surface area contributed by atoms with Gasteiger partial charge in [-0.05, 0) is 19.4 Å². The third-order valence-corrected chi connectivity index (χ3v) is 2.30. The second-order valence-electron chi connectivity index (χ2n) is 3.84. The molecule has 0 amide bonds. The lowest BCUT2D eigenvalue weighted by Crippen LogP contribution is -2.12. The fourth-order valence-corrected chi connectivity index (χ4v) is 1.30. The summed E-state index contributed by atoms with van der Waals surface area (Å²) in [6, 6.07) is 9.91. The Labute approximate surface area is 102 Å². The quantitative estimate of drug-likeness (QED) is 0.431. The van der Waals surface area contributed by atoms with E-state index in [0.717, 1.165) is 5.56 Å². The fourth-order valence-electron chi connectivity index (χ4n) is 1.30. The molecule has 0 saturated heterocycles. The number of hydrogen-bond donors (Lipinski definition) is 0. The van der Waals surface area contributed by atoms with Crippen molar-refractivity contribution < 1.29 is 14.3 Å². The molecule has 0 spiro atoms. The molecule has 1 unspecified atom stereocenters. The van der Waals surface area contributed by atoms with Crippen molar-refractivity contribution in [2.24, 2.45) is 0 Å². The average Bonchev–Trinajstić information content (AvgIpc) is 2.35. The van der Waals surface area contributed by atoms with E-state index in [1.165, 1.54) is 0 Å². The van der Waals surface area contributed by atoms with Gasteiger partial charge < -0.3 is 9.47 Å². The summed E-state index contributed by atoms with van der Waals surface area (Å²) in [7, 11) is 0. The van der Waals surface area contributed by atoms with Crippen molar-refractivity contribution in [1.82, 2.24) is 0 Å². The smallest absolute Gasteiger partial charge is 0.333 e. The Balaban J connectivity index is 2.23. The Morgan fingerprint density at radius 3 is 2.53 bits per heavy atom. The summed E-state index contributed by atoms with van der Waals surface area (Å²) in [5, 5.41) is 0. The van der Waals surface area contributed by atoms with Crippen molar-refractivity contribution in [1.29, 1.82) is 0 Å². The van der Waals surface area contributed by atoms with E-state index in [2.05, 4.69) is 6.58 Å². The molecule has 0 aliphatic rings. The van der Waals surface area contributed by atoms with E-state index in [1.54, 1.807) is 6.92 Å². The highest BCUT2D eigenvalue weighted by Gasteiger charge is 2.06. The Morgan fingerprint density at radius 1 is 1.29 bits per heavy atom. The molecule has 1 aromatic carbocycles. The van der Waals surface area contributed by atoms with Crippen LogP contribution in [0.3, 0.4) is 0 Å². The maximum Gasteiger partial charge on any atom is 0.333 e. The molecule has 1 atom stereocenters. The zero-order valence-corrected chi connectivity index (χ0v) is 10.3. The van der Waals surface area contributed by atoms with Crippen molar-refractivity contribution >= 4 is 5.97 Å². The van der Waals surface area contributed by atoms with E-state index in [9.17, 15) is 4.79 Å². The predicted octanol–water partition coefficient (Wildman–Crippen LogP) is 2.88. The summed E-state index contributed by atoms with van der Waals surface area (Å²) in [4.78, 5) is 11.1. The standard InChI is InChI=1S/C14H18O3/c1-11(2)14(15)17-10-9-16-12(3)13-7-5-4-6-8-13/h4-8,12H,1,9-10H2,2-3H3. The summed E-state index contributed by atoms with van der Waals surface area (Å²) in [6.45, 7) is 7.73. The van der Waals surface area contributed by atoms with Crippen molar-refractivity contribution in [3.8, 4) is 0 Å². The minimum Gasteiger partial charge on any atom is -0.460 e. The topological polar surface area (TPSA) is 35.5 Å². The molecule has 1 aromatic rings. The van der Waals surface area contributed by atoms with E-state index < -0.39 is 0 Å². The van der Waals surface area contributed by atoms with Gasteiger partial charge in [0.1, 0.15) is 6.61 Å². The Hall–Kier alpha value is -1.61. The van der Waals surface area contributed by atoms with Crippen LogP contribution in [0.1, 0.15) is 25.5 Å². The van der Waals surface area contributed by atoms with Crippen LogP contribution in [0.25, 0.3) is 0 Å². The fraction of sp³-hybridized carbons (Fsp3) is 0.357. The highest BCUT2D eigenvalue weighted by Crippen LogP contribution is 2.15. The molecule has 17 heavy (non-hydrogen) atoms. The molecule has 3 heteroatoms. The molecule has 0 radical (unpaired) electrons. The van der Waals surface area contributed by atoms with Gasteiger partial charge in [-0.3, -0.25) is 0 Å². The van der Waals surface area contributed by atoms with Gasteiger partial charge in [0.25, 0.3) is 0 Å². The first-order chi connectivity index (χ1) is 8.11. The van der Waals surface area contributed by atoms with Crippen LogP contribution < -0.4 is 0 Å². The summed E-state index contributed by atoms with van der Waals surface area (Å²) in [5.41, 5.74) is 1.51. The van der Waals surface area contributed by atoms with E-state index >= 15 is 0 Å². The third-order valence-electron chi connectivity index (χ3n) is 2.30. The minimum atomic E-state index is -0.374. The highest BCUT2D eigenvalue weighted by molar-refractivity contribution is 5.86. The summed E-state index contributed by atoms with van der Waals surface area (Å²) in [6.07, 6.45) is -0.000250. The molecule has 0 N–H and O–H groups in total. The van der Waals surface area contributed by atoms with E-state index in [4.69, 9.17) is 9.47 Å². The Morgan fingerprint density at radius 2 is 1.94 bits per heavy atom. The lowest BCUT2D eigenvalue weighted by atomic mass is 10.1. The van der Waals surface area contributed by atoms with Crippen LogP contribution >= 0.6 is 0 Å². The van der Waals surface area contributed by atoms with Gasteiger partial charge in [0.05, 0.1) is 12.7 Å². The number of carbonyl (C=O) groups is 1. The maximum absolute atomic E-state index is 11.1. The van der Waals surface area contributed by atoms with Gasteiger partial charge in [-0.1, -0.05) is 36.9 Å². The largest absolute Gasteiger partial charge is 0.460 e. The first-order valence-corrected chi connectivity index (χ1v) is 5.60. The molecule has 0 fully saturated rings. The lowest BCUT2D eigenvalue weighted by molar-refractivity contribution is -0.141. The van der Waals surface area contributed by atoms with Crippen LogP contribution in [-0.4, -0.2) is 19.2 Å². The zero-order chi connectivity index (χ0) is 12.7. The SMILES string of the molecule is C=C(C)C(=O)OCCOC(C)c1ccccc1. The molecule has 0 aromatic heterocycles. The minimum absolute atomic E-state index is 0.000250. The lowest BCUT2D eigenvalue weighted by Gasteiger charge is -2.13. The van der Waals surface area contributed by atoms with Crippen LogP contribution in [0.4, 0.5) is 0 Å². The maximum atomic E-state index is 11.1. The van der Waals surface area contributed by atoms with Crippen LogP contribution in [-0.2, 0) is 14.3 Å². The van der Waals surface area contributed by atoms with Crippen LogP contribution in [0.2, 0.25) is 0 Å². The summed E-state index contributed by atoms with van der Waals surface area (Å²) in [5.74, 6) is -0.374. The van der Waals surface area contributed by atoms with Crippen LogP contribution in [0.15, 0.2) is 42.5 Å². The molecular weight excluding hydrogens is 216 g/mol. The normalized spacial score (nSPS) is 11.9. The van der Waals surface area contributed by atoms with Gasteiger partial charge in [-0.25, -0.2) is 4.79 Å². The van der Waals surface area contributed by atoms with E-state index in [1.807, 2.05) is 37.3 Å². The number of ether oxygens (including phenoxy) is 2. The number of esters is 1. The third kappa shape index (κ3) is 4.83. The van der Waals surface area contributed by atoms with E-state index in [-0.39, 0.29) is 18.7 Å². The highest BCUT2D eigenvalue weighted by atomic mass is 16.6. The number of carbonyl (C=O) groups excluding carboxylic acids is 1.